The SMILES string of the molecule is Cc1nn(Cc2c(F)c(F)c(F)c(F)c2F)c(C)c1[N+](=O)[O-]. The monoisotopic (exact) mass is 321 g/mol. The minimum atomic E-state index is -2.27. The number of halogens is 5. The van der Waals surface area contributed by atoms with E-state index in [0.717, 1.165) is 4.68 Å². The summed E-state index contributed by atoms with van der Waals surface area (Å²) in [6, 6.07) is 0. The molecule has 0 atom stereocenters. The van der Waals surface area contributed by atoms with Crippen LogP contribution in [0.15, 0.2) is 0 Å². The molecule has 1 aromatic carbocycles. The van der Waals surface area contributed by atoms with Crippen LogP contribution in [0.2, 0.25) is 0 Å². The molecule has 0 amide bonds. The second-order valence-electron chi connectivity index (χ2n) is 4.48. The van der Waals surface area contributed by atoms with Crippen molar-refractivity contribution in [3.05, 3.63) is 56.2 Å². The number of hydrogen-bond donors (Lipinski definition) is 0. The molecule has 22 heavy (non-hydrogen) atoms. The Bertz CT molecular complexity index is 759. The maximum absolute atomic E-state index is 13.6. The Morgan fingerprint density at radius 3 is 1.86 bits per heavy atom. The number of hydrogen-bond acceptors (Lipinski definition) is 3. The third-order valence-electron chi connectivity index (χ3n) is 3.13. The standard InChI is InChI=1S/C12H8F5N3O2/c1-4-12(20(21)22)5(2)19(18-4)3-6-7(13)9(15)11(17)10(16)8(6)14/h3H2,1-2H3. The Balaban J connectivity index is 2.58. The fourth-order valence-corrected chi connectivity index (χ4v) is 2.04. The van der Waals surface area contributed by atoms with Gasteiger partial charge in [0.05, 0.1) is 17.0 Å². The number of nitrogens with zero attached hydrogens (tertiary/aromatic N) is 3. The van der Waals surface area contributed by atoms with E-state index < -0.39 is 46.1 Å². The number of nitro groups is 1. The maximum Gasteiger partial charge on any atom is 0.312 e. The van der Waals surface area contributed by atoms with E-state index in [4.69, 9.17) is 0 Å². The van der Waals surface area contributed by atoms with E-state index in [0.29, 0.717) is 0 Å². The summed E-state index contributed by atoms with van der Waals surface area (Å²) in [4.78, 5) is 10.1. The summed E-state index contributed by atoms with van der Waals surface area (Å²) in [5.74, 6) is -10.4. The third-order valence-corrected chi connectivity index (χ3v) is 3.13. The Morgan fingerprint density at radius 2 is 1.45 bits per heavy atom. The van der Waals surface area contributed by atoms with Gasteiger partial charge in [0.15, 0.2) is 23.3 Å². The van der Waals surface area contributed by atoms with E-state index in [9.17, 15) is 32.1 Å². The molecule has 0 bridgehead atoms. The summed E-state index contributed by atoms with van der Waals surface area (Å²) in [6.45, 7) is 1.72. The molecular formula is C12H8F5N3O2. The molecule has 0 saturated heterocycles. The van der Waals surface area contributed by atoms with Crippen LogP contribution in [0.1, 0.15) is 17.0 Å². The number of benzene rings is 1. The van der Waals surface area contributed by atoms with Gasteiger partial charge in [0.1, 0.15) is 11.4 Å². The summed E-state index contributed by atoms with van der Waals surface area (Å²) in [5.41, 5.74) is -1.60. The van der Waals surface area contributed by atoms with Gasteiger partial charge in [0.25, 0.3) is 0 Å². The molecule has 0 aliphatic carbocycles. The molecule has 0 aliphatic heterocycles. The van der Waals surface area contributed by atoms with E-state index in [1.54, 1.807) is 0 Å². The van der Waals surface area contributed by atoms with E-state index in [1.165, 1.54) is 13.8 Å². The van der Waals surface area contributed by atoms with Crippen LogP contribution in [0.3, 0.4) is 0 Å². The molecule has 10 heteroatoms. The van der Waals surface area contributed by atoms with Gasteiger partial charge in [-0.3, -0.25) is 14.8 Å². The molecule has 0 aliphatic rings. The van der Waals surface area contributed by atoms with Crippen molar-refractivity contribution in [1.82, 2.24) is 9.78 Å². The molecule has 0 unspecified atom stereocenters. The maximum atomic E-state index is 13.6. The first-order chi connectivity index (χ1) is 10.2. The van der Waals surface area contributed by atoms with Gasteiger partial charge < -0.3 is 0 Å². The van der Waals surface area contributed by atoms with Crippen molar-refractivity contribution in [3.63, 3.8) is 0 Å². The average Bonchev–Trinajstić information content (AvgIpc) is 2.73. The molecule has 2 rings (SSSR count). The first kappa shape index (κ1) is 15.9. The molecule has 1 aromatic heterocycles. The average molecular weight is 321 g/mol. The van der Waals surface area contributed by atoms with Crippen LogP contribution < -0.4 is 0 Å². The first-order valence-electron chi connectivity index (χ1n) is 5.85. The fraction of sp³-hybridized carbons (Fsp3) is 0.250. The van der Waals surface area contributed by atoms with Crippen LogP contribution in [0.5, 0.6) is 0 Å². The van der Waals surface area contributed by atoms with Crippen LogP contribution in [0.4, 0.5) is 27.6 Å². The zero-order valence-electron chi connectivity index (χ0n) is 11.3. The minimum absolute atomic E-state index is 0.0358. The van der Waals surface area contributed by atoms with Crippen molar-refractivity contribution in [1.29, 1.82) is 0 Å². The minimum Gasteiger partial charge on any atom is -0.258 e. The molecular weight excluding hydrogens is 313 g/mol. The predicted octanol–water partition coefficient (Wildman–Crippen LogP) is 3.15. The topological polar surface area (TPSA) is 61.0 Å². The van der Waals surface area contributed by atoms with E-state index in [-0.39, 0.29) is 17.1 Å². The first-order valence-corrected chi connectivity index (χ1v) is 5.85. The quantitative estimate of drug-likeness (QED) is 0.287. The van der Waals surface area contributed by atoms with Crippen LogP contribution >= 0.6 is 0 Å². The number of aryl methyl sites for hydroxylation is 1. The molecule has 2 aromatic rings. The third kappa shape index (κ3) is 2.30. The zero-order chi connectivity index (χ0) is 16.8. The van der Waals surface area contributed by atoms with Crippen LogP contribution in [-0.4, -0.2) is 14.7 Å². The normalized spacial score (nSPS) is 11.0. The highest BCUT2D eigenvalue weighted by molar-refractivity contribution is 5.40. The molecule has 0 radical (unpaired) electrons. The smallest absolute Gasteiger partial charge is 0.258 e. The fourth-order valence-electron chi connectivity index (χ4n) is 2.04. The lowest BCUT2D eigenvalue weighted by Crippen LogP contribution is -2.13. The lowest BCUT2D eigenvalue weighted by atomic mass is 10.1. The van der Waals surface area contributed by atoms with Crippen molar-refractivity contribution >= 4 is 5.69 Å². The lowest BCUT2D eigenvalue weighted by molar-refractivity contribution is -0.386. The van der Waals surface area contributed by atoms with Crippen molar-refractivity contribution in [3.8, 4) is 0 Å². The molecule has 118 valence electrons. The summed E-state index contributed by atoms with van der Waals surface area (Å²) >= 11 is 0. The Morgan fingerprint density at radius 1 is 1.00 bits per heavy atom. The van der Waals surface area contributed by atoms with Gasteiger partial charge in [-0.1, -0.05) is 0 Å². The highest BCUT2D eigenvalue weighted by Gasteiger charge is 2.28. The summed E-state index contributed by atoms with van der Waals surface area (Å²) in [6.07, 6.45) is 0. The Hall–Kier alpha value is -2.52. The van der Waals surface area contributed by atoms with Gasteiger partial charge in [0.2, 0.25) is 5.82 Å². The molecule has 0 saturated carbocycles. The van der Waals surface area contributed by atoms with E-state index >= 15 is 0 Å². The van der Waals surface area contributed by atoms with Gasteiger partial charge >= 0.3 is 5.69 Å². The highest BCUT2D eigenvalue weighted by atomic mass is 19.2. The van der Waals surface area contributed by atoms with Crippen molar-refractivity contribution in [2.75, 3.05) is 0 Å². The molecule has 1 heterocycles. The molecule has 0 spiro atoms. The van der Waals surface area contributed by atoms with Crippen molar-refractivity contribution in [2.45, 2.75) is 20.4 Å². The molecule has 0 fully saturated rings. The summed E-state index contributed by atoms with van der Waals surface area (Å²) in [7, 11) is 0. The Labute approximate surface area is 120 Å². The Kier molecular flexibility index (Phi) is 3.86. The van der Waals surface area contributed by atoms with Gasteiger partial charge in [0, 0.05) is 0 Å². The van der Waals surface area contributed by atoms with E-state index in [2.05, 4.69) is 5.10 Å². The summed E-state index contributed by atoms with van der Waals surface area (Å²) < 4.78 is 67.2. The zero-order valence-corrected chi connectivity index (χ0v) is 11.3. The molecule has 0 N–H and O–H groups in total. The highest BCUT2D eigenvalue weighted by Crippen LogP contribution is 2.26. The number of rotatable bonds is 3. The van der Waals surface area contributed by atoms with Gasteiger partial charge in [-0.05, 0) is 13.8 Å². The number of aromatic nitrogens is 2. The largest absolute Gasteiger partial charge is 0.312 e. The van der Waals surface area contributed by atoms with E-state index in [1.807, 2.05) is 0 Å². The van der Waals surface area contributed by atoms with Crippen molar-refractivity contribution < 1.29 is 26.9 Å². The second-order valence-corrected chi connectivity index (χ2v) is 4.48. The van der Waals surface area contributed by atoms with Gasteiger partial charge in [-0.25, -0.2) is 22.0 Å². The summed E-state index contributed by atoms with van der Waals surface area (Å²) in [5, 5.41) is 14.5. The predicted molar refractivity (Wildman–Crippen MR) is 63.7 cm³/mol. The van der Waals surface area contributed by atoms with Crippen LogP contribution in [0.25, 0.3) is 0 Å². The van der Waals surface area contributed by atoms with Gasteiger partial charge in [-0.15, -0.1) is 0 Å². The van der Waals surface area contributed by atoms with Crippen LogP contribution in [-0.2, 0) is 6.54 Å². The second kappa shape index (κ2) is 5.35. The lowest BCUT2D eigenvalue weighted by Gasteiger charge is -2.09. The van der Waals surface area contributed by atoms with Crippen molar-refractivity contribution in [2.24, 2.45) is 0 Å². The van der Waals surface area contributed by atoms with Gasteiger partial charge in [-0.2, -0.15) is 5.10 Å². The van der Waals surface area contributed by atoms with Crippen LogP contribution in [0, 0.1) is 53.0 Å². The molecule has 5 nitrogen and oxygen atoms in total.